The normalized spacial score (nSPS) is 12.4. The predicted molar refractivity (Wildman–Crippen MR) is 103 cm³/mol. The molecule has 2 aromatic carbocycles. The number of thioether (sulfide) groups is 1. The largest absolute Gasteiger partial charge is 0.454 e. The zero-order valence-electron chi connectivity index (χ0n) is 14.0. The van der Waals surface area contributed by atoms with E-state index in [9.17, 15) is 0 Å². The summed E-state index contributed by atoms with van der Waals surface area (Å²) in [5.41, 5.74) is 2.90. The Morgan fingerprint density at radius 2 is 1.85 bits per heavy atom. The zero-order valence-corrected chi connectivity index (χ0v) is 15.6. The van der Waals surface area contributed by atoms with Crippen molar-refractivity contribution < 1.29 is 13.9 Å². The van der Waals surface area contributed by atoms with Crippen LogP contribution in [0.2, 0.25) is 0 Å². The third kappa shape index (κ3) is 3.41. The lowest BCUT2D eigenvalue weighted by Crippen LogP contribution is -1.92. The fourth-order valence-electron chi connectivity index (χ4n) is 2.64. The van der Waals surface area contributed by atoms with E-state index in [0.717, 1.165) is 33.3 Å². The Labute approximate surface area is 163 Å². The molecular weight excluding hydrogens is 382 g/mol. The minimum Gasteiger partial charge on any atom is -0.454 e. The number of hydrogen-bond acceptors (Lipinski definition) is 8. The van der Waals surface area contributed by atoms with Crippen LogP contribution < -0.4 is 9.47 Å². The molecule has 0 saturated carbocycles. The van der Waals surface area contributed by atoms with Crippen molar-refractivity contribution in [1.82, 2.24) is 15.2 Å². The second-order valence-electron chi connectivity index (χ2n) is 5.74. The Bertz CT molecular complexity index is 1080. The molecule has 0 N–H and O–H groups in total. The van der Waals surface area contributed by atoms with Crippen molar-refractivity contribution in [3.8, 4) is 33.5 Å². The molecule has 0 fully saturated rings. The van der Waals surface area contributed by atoms with E-state index in [1.807, 2.05) is 53.9 Å². The first-order chi connectivity index (χ1) is 13.3. The first-order valence-corrected chi connectivity index (χ1v) is 10.1. The number of hydrogen-bond donors (Lipinski definition) is 0. The summed E-state index contributed by atoms with van der Waals surface area (Å²) >= 11 is 3.07. The molecule has 5 rings (SSSR count). The van der Waals surface area contributed by atoms with Gasteiger partial charge in [0.05, 0.1) is 5.69 Å². The lowest BCUT2D eigenvalue weighted by molar-refractivity contribution is 0.174. The van der Waals surface area contributed by atoms with Crippen LogP contribution in [0.5, 0.6) is 11.5 Å². The van der Waals surface area contributed by atoms with Crippen molar-refractivity contribution >= 4 is 23.1 Å². The molecule has 0 saturated heterocycles. The molecule has 134 valence electrons. The van der Waals surface area contributed by atoms with Gasteiger partial charge in [0.25, 0.3) is 5.22 Å². The molecule has 1 aliphatic rings. The summed E-state index contributed by atoms with van der Waals surface area (Å²) in [6.45, 7) is 0.272. The van der Waals surface area contributed by atoms with E-state index < -0.39 is 0 Å². The Balaban J connectivity index is 1.27. The van der Waals surface area contributed by atoms with Gasteiger partial charge in [-0.2, -0.15) is 0 Å². The van der Waals surface area contributed by atoms with Gasteiger partial charge in [-0.1, -0.05) is 30.0 Å². The number of benzene rings is 2. The molecule has 4 aromatic rings. The van der Waals surface area contributed by atoms with Gasteiger partial charge in [0.1, 0.15) is 5.01 Å². The van der Waals surface area contributed by atoms with E-state index in [-0.39, 0.29) is 6.79 Å². The van der Waals surface area contributed by atoms with Crippen molar-refractivity contribution in [1.29, 1.82) is 0 Å². The van der Waals surface area contributed by atoms with Gasteiger partial charge in [-0.3, -0.25) is 0 Å². The molecule has 1 aliphatic heterocycles. The molecule has 0 amide bonds. The summed E-state index contributed by atoms with van der Waals surface area (Å²) in [6.07, 6.45) is 0. The highest BCUT2D eigenvalue weighted by molar-refractivity contribution is 7.98. The second-order valence-corrected chi connectivity index (χ2v) is 7.52. The Morgan fingerprint density at radius 3 is 2.78 bits per heavy atom. The first kappa shape index (κ1) is 16.3. The molecule has 6 nitrogen and oxygen atoms in total. The monoisotopic (exact) mass is 395 g/mol. The summed E-state index contributed by atoms with van der Waals surface area (Å²) in [7, 11) is 0. The molecule has 8 heteroatoms. The van der Waals surface area contributed by atoms with Crippen LogP contribution in [-0.4, -0.2) is 22.0 Å². The molecule has 27 heavy (non-hydrogen) atoms. The molecule has 0 aliphatic carbocycles. The van der Waals surface area contributed by atoms with Crippen LogP contribution in [0.4, 0.5) is 0 Å². The van der Waals surface area contributed by atoms with Crippen LogP contribution in [0.25, 0.3) is 22.0 Å². The van der Waals surface area contributed by atoms with Gasteiger partial charge >= 0.3 is 0 Å². The van der Waals surface area contributed by atoms with E-state index in [1.165, 1.54) is 11.8 Å². The van der Waals surface area contributed by atoms with Crippen LogP contribution in [0, 0.1) is 0 Å². The predicted octanol–water partition coefficient (Wildman–Crippen LogP) is 4.88. The van der Waals surface area contributed by atoms with Crippen molar-refractivity contribution in [2.45, 2.75) is 11.0 Å². The molecule has 3 heterocycles. The van der Waals surface area contributed by atoms with Crippen LogP contribution in [-0.2, 0) is 5.75 Å². The van der Waals surface area contributed by atoms with Crippen molar-refractivity contribution in [3.05, 3.63) is 59.6 Å². The molecule has 0 unspecified atom stereocenters. The van der Waals surface area contributed by atoms with Crippen molar-refractivity contribution in [2.24, 2.45) is 0 Å². The summed E-state index contributed by atoms with van der Waals surface area (Å²) in [5.74, 6) is 2.73. The van der Waals surface area contributed by atoms with E-state index in [0.29, 0.717) is 16.9 Å². The maximum Gasteiger partial charge on any atom is 0.277 e. The molecule has 0 bridgehead atoms. The Kier molecular flexibility index (Phi) is 4.27. The summed E-state index contributed by atoms with van der Waals surface area (Å²) in [5, 5.41) is 11.7. The number of aromatic nitrogens is 3. The lowest BCUT2D eigenvalue weighted by atomic mass is 10.2. The van der Waals surface area contributed by atoms with E-state index >= 15 is 0 Å². The minimum absolute atomic E-state index is 0.272. The third-order valence-electron chi connectivity index (χ3n) is 3.94. The highest BCUT2D eigenvalue weighted by atomic mass is 32.2. The summed E-state index contributed by atoms with van der Waals surface area (Å²) in [4.78, 5) is 4.70. The van der Waals surface area contributed by atoms with E-state index in [4.69, 9.17) is 18.9 Å². The molecule has 0 radical (unpaired) electrons. The number of fused-ring (bicyclic) bond motifs is 1. The molecule has 0 spiro atoms. The van der Waals surface area contributed by atoms with Crippen LogP contribution in [0.1, 0.15) is 5.69 Å². The summed E-state index contributed by atoms with van der Waals surface area (Å²) < 4.78 is 16.5. The number of thiazole rings is 1. The highest BCUT2D eigenvalue weighted by Crippen LogP contribution is 2.37. The first-order valence-electron chi connectivity index (χ1n) is 8.21. The number of nitrogens with zero attached hydrogens (tertiary/aromatic N) is 3. The van der Waals surface area contributed by atoms with E-state index in [1.54, 1.807) is 11.3 Å². The maximum atomic E-state index is 5.72. The highest BCUT2D eigenvalue weighted by Gasteiger charge is 2.16. The van der Waals surface area contributed by atoms with Gasteiger partial charge in [0.15, 0.2) is 11.5 Å². The van der Waals surface area contributed by atoms with E-state index in [2.05, 4.69) is 10.2 Å². The van der Waals surface area contributed by atoms with Crippen LogP contribution >= 0.6 is 23.1 Å². The fraction of sp³-hybridized carbons (Fsp3) is 0.105. The van der Waals surface area contributed by atoms with Crippen LogP contribution in [0.3, 0.4) is 0 Å². The van der Waals surface area contributed by atoms with Crippen molar-refractivity contribution in [2.75, 3.05) is 6.79 Å². The second kappa shape index (κ2) is 7.05. The average Bonchev–Trinajstić information content (AvgIpc) is 3.46. The Hall–Kier alpha value is -2.84. The standard InChI is InChI=1S/C19H13N3O3S2/c1-2-4-12(5-3-1)17-21-22-19(25-17)27-10-14-9-26-18(20-14)13-6-7-15-16(8-13)24-11-23-15/h1-9H,10-11H2. The molecular formula is C19H13N3O3S2. The minimum atomic E-state index is 0.272. The van der Waals surface area contributed by atoms with Gasteiger partial charge < -0.3 is 13.9 Å². The zero-order chi connectivity index (χ0) is 18.1. The van der Waals surface area contributed by atoms with Crippen molar-refractivity contribution in [3.63, 3.8) is 0 Å². The number of rotatable bonds is 5. The quantitative estimate of drug-likeness (QED) is 0.446. The van der Waals surface area contributed by atoms with Gasteiger partial charge in [0.2, 0.25) is 12.7 Å². The fourth-order valence-corrected chi connectivity index (χ4v) is 4.21. The molecule has 0 atom stereocenters. The SMILES string of the molecule is c1ccc(-c2nnc(SCc3csc(-c4ccc5c(c4)OCO5)n3)o2)cc1. The third-order valence-corrected chi connectivity index (χ3v) is 5.73. The topological polar surface area (TPSA) is 70.3 Å². The Morgan fingerprint density at radius 1 is 0.963 bits per heavy atom. The van der Waals surface area contributed by atoms with Gasteiger partial charge in [-0.25, -0.2) is 4.98 Å². The smallest absolute Gasteiger partial charge is 0.277 e. The van der Waals surface area contributed by atoms with Gasteiger partial charge in [-0.15, -0.1) is 21.5 Å². The maximum absolute atomic E-state index is 5.72. The van der Waals surface area contributed by atoms with Gasteiger partial charge in [0, 0.05) is 22.3 Å². The number of ether oxygens (including phenoxy) is 2. The van der Waals surface area contributed by atoms with Crippen LogP contribution in [0.15, 0.2) is 63.6 Å². The lowest BCUT2D eigenvalue weighted by Gasteiger charge is -1.99. The summed E-state index contributed by atoms with van der Waals surface area (Å²) in [6, 6.07) is 15.6. The average molecular weight is 395 g/mol. The molecule has 2 aromatic heterocycles. The van der Waals surface area contributed by atoms with Gasteiger partial charge in [-0.05, 0) is 30.3 Å².